The van der Waals surface area contributed by atoms with Crippen LogP contribution in [-0.2, 0) is 20.2 Å². The fourth-order valence-electron chi connectivity index (χ4n) is 4.07. The second-order valence-corrected chi connectivity index (χ2v) is 11.9. The number of para-hydroxylation sites is 2. The van der Waals surface area contributed by atoms with E-state index < -0.39 is 16.1 Å². The van der Waals surface area contributed by atoms with E-state index >= 15 is 0 Å². The van der Waals surface area contributed by atoms with Crippen LogP contribution in [0.3, 0.4) is 0 Å². The fourth-order valence-corrected chi connectivity index (χ4v) is 5.54. The summed E-state index contributed by atoms with van der Waals surface area (Å²) in [7, 11) is -3.88. The summed E-state index contributed by atoms with van der Waals surface area (Å²) in [6.07, 6.45) is -0.985. The summed E-state index contributed by atoms with van der Waals surface area (Å²) < 4.78 is 34.3. The summed E-state index contributed by atoms with van der Waals surface area (Å²) in [6, 6.07) is 21.5. The summed E-state index contributed by atoms with van der Waals surface area (Å²) >= 11 is 0. The third-order valence-corrected chi connectivity index (χ3v) is 8.07. The number of hydrogen-bond acceptors (Lipinski definition) is 4. The van der Waals surface area contributed by atoms with E-state index in [1.807, 2.05) is 26.0 Å². The maximum absolute atomic E-state index is 13.5. The van der Waals surface area contributed by atoms with Gasteiger partial charge in [-0.1, -0.05) is 74.9 Å². The Labute approximate surface area is 208 Å². The smallest absolute Gasteiger partial charge is 0.264 e. The molecule has 0 fully saturated rings. The molecule has 1 amide bonds. The number of carbonyl (C=O) groups is 1. The fraction of sp³-hybridized carbons (Fsp3) is 0.321. The van der Waals surface area contributed by atoms with Gasteiger partial charge in [-0.3, -0.25) is 9.10 Å². The molecule has 4 rings (SSSR count). The SMILES string of the molecule is Cc1ccc(S(=O)(=O)N2C[C@H](C(=O)N[C@@H](C)c3ccc(C(C)(C)C)cc3)Oc3ccccc32)cc1. The van der Waals surface area contributed by atoms with Crippen molar-refractivity contribution in [3.05, 3.63) is 89.5 Å². The minimum atomic E-state index is -3.88. The van der Waals surface area contributed by atoms with Gasteiger partial charge < -0.3 is 10.1 Å². The molecule has 0 aromatic heterocycles. The molecule has 1 heterocycles. The van der Waals surface area contributed by atoms with E-state index in [2.05, 4.69) is 38.2 Å². The molecule has 35 heavy (non-hydrogen) atoms. The highest BCUT2D eigenvalue weighted by atomic mass is 32.2. The van der Waals surface area contributed by atoms with E-state index in [4.69, 9.17) is 4.74 Å². The van der Waals surface area contributed by atoms with Crippen LogP contribution in [0.5, 0.6) is 5.75 Å². The Morgan fingerprint density at radius 2 is 1.63 bits per heavy atom. The normalized spacial score (nSPS) is 16.7. The Morgan fingerprint density at radius 3 is 2.26 bits per heavy atom. The number of aryl methyl sites for hydroxylation is 1. The maximum Gasteiger partial charge on any atom is 0.264 e. The lowest BCUT2D eigenvalue weighted by Crippen LogP contribution is -2.51. The molecule has 0 saturated heterocycles. The maximum atomic E-state index is 13.5. The average Bonchev–Trinajstić information content (AvgIpc) is 2.83. The Morgan fingerprint density at radius 1 is 1.00 bits per heavy atom. The largest absolute Gasteiger partial charge is 0.476 e. The van der Waals surface area contributed by atoms with E-state index in [0.717, 1.165) is 11.1 Å². The van der Waals surface area contributed by atoms with Crippen LogP contribution in [0, 0.1) is 6.92 Å². The Kier molecular flexibility index (Phi) is 6.64. The first-order valence-corrected chi connectivity index (χ1v) is 13.2. The number of ether oxygens (including phenoxy) is 1. The zero-order valence-electron chi connectivity index (χ0n) is 20.8. The first-order chi connectivity index (χ1) is 16.5. The minimum Gasteiger partial charge on any atom is -0.476 e. The lowest BCUT2D eigenvalue weighted by Gasteiger charge is -2.35. The van der Waals surface area contributed by atoms with Crippen molar-refractivity contribution in [1.29, 1.82) is 0 Å². The van der Waals surface area contributed by atoms with Crippen LogP contribution in [0.1, 0.15) is 50.4 Å². The molecule has 7 heteroatoms. The number of sulfonamides is 1. The van der Waals surface area contributed by atoms with Crippen LogP contribution in [0.25, 0.3) is 0 Å². The summed E-state index contributed by atoms with van der Waals surface area (Å²) in [5.41, 5.74) is 3.60. The molecule has 6 nitrogen and oxygen atoms in total. The molecule has 0 saturated carbocycles. The number of fused-ring (bicyclic) bond motifs is 1. The van der Waals surface area contributed by atoms with E-state index in [0.29, 0.717) is 11.4 Å². The van der Waals surface area contributed by atoms with Gasteiger partial charge in [0.25, 0.3) is 15.9 Å². The van der Waals surface area contributed by atoms with E-state index in [9.17, 15) is 13.2 Å². The molecule has 0 unspecified atom stereocenters. The van der Waals surface area contributed by atoms with Crippen LogP contribution in [0.15, 0.2) is 77.7 Å². The number of carbonyl (C=O) groups excluding carboxylic acids is 1. The van der Waals surface area contributed by atoms with Crippen molar-refractivity contribution in [3.8, 4) is 5.75 Å². The molecular formula is C28H32N2O4S. The van der Waals surface area contributed by atoms with Gasteiger partial charge in [-0.25, -0.2) is 8.42 Å². The standard InChI is InChI=1S/C28H32N2O4S/c1-19-10-16-23(17-11-19)35(32,33)30-18-26(34-25-9-7-6-8-24(25)30)27(31)29-20(2)21-12-14-22(15-13-21)28(3,4)5/h6-17,20,26H,18H2,1-5H3,(H,29,31)/t20-,26+/m0/s1. The van der Waals surface area contributed by atoms with Gasteiger partial charge in [-0.05, 0) is 54.7 Å². The second kappa shape index (κ2) is 9.38. The number of hydrogen-bond donors (Lipinski definition) is 1. The second-order valence-electron chi connectivity index (χ2n) is 10.0. The van der Waals surface area contributed by atoms with Gasteiger partial charge in [0.2, 0.25) is 0 Å². The number of nitrogens with one attached hydrogen (secondary N) is 1. The number of nitrogens with zero attached hydrogens (tertiary/aromatic N) is 1. The molecule has 0 bridgehead atoms. The predicted octanol–water partition coefficient (Wildman–Crippen LogP) is 5.13. The molecule has 3 aromatic rings. The lowest BCUT2D eigenvalue weighted by molar-refractivity contribution is -0.128. The van der Waals surface area contributed by atoms with Crippen molar-refractivity contribution in [3.63, 3.8) is 0 Å². The van der Waals surface area contributed by atoms with Gasteiger partial charge in [0.05, 0.1) is 23.2 Å². The van der Waals surface area contributed by atoms with E-state index in [1.165, 1.54) is 9.87 Å². The third-order valence-electron chi connectivity index (χ3n) is 6.27. The molecule has 184 valence electrons. The predicted molar refractivity (Wildman–Crippen MR) is 138 cm³/mol. The number of anilines is 1. The summed E-state index contributed by atoms with van der Waals surface area (Å²) in [5.74, 6) is -0.00669. The first-order valence-electron chi connectivity index (χ1n) is 11.7. The van der Waals surface area contributed by atoms with Crippen molar-refractivity contribution in [2.45, 2.75) is 57.1 Å². The molecule has 3 aromatic carbocycles. The number of rotatable bonds is 5. The Bertz CT molecular complexity index is 1310. The molecular weight excluding hydrogens is 460 g/mol. The van der Waals surface area contributed by atoms with Crippen molar-refractivity contribution < 1.29 is 17.9 Å². The quantitative estimate of drug-likeness (QED) is 0.536. The Balaban J connectivity index is 1.57. The third kappa shape index (κ3) is 5.20. The Hall–Kier alpha value is -3.32. The molecule has 0 aliphatic carbocycles. The van der Waals surface area contributed by atoms with Crippen molar-refractivity contribution in [2.75, 3.05) is 10.8 Å². The van der Waals surface area contributed by atoms with E-state index in [-0.39, 0.29) is 28.8 Å². The minimum absolute atomic E-state index is 0.0424. The molecule has 2 atom stereocenters. The lowest BCUT2D eigenvalue weighted by atomic mass is 9.86. The van der Waals surface area contributed by atoms with Crippen LogP contribution in [0.4, 0.5) is 5.69 Å². The van der Waals surface area contributed by atoms with E-state index in [1.54, 1.807) is 48.5 Å². The zero-order valence-corrected chi connectivity index (χ0v) is 21.6. The summed E-state index contributed by atoms with van der Waals surface area (Å²) in [5, 5.41) is 2.99. The molecule has 0 spiro atoms. The van der Waals surface area contributed by atoms with Gasteiger partial charge in [0.1, 0.15) is 5.75 Å². The zero-order chi connectivity index (χ0) is 25.4. The van der Waals surface area contributed by atoms with Crippen LogP contribution in [-0.4, -0.2) is 27.0 Å². The van der Waals surface area contributed by atoms with Crippen LogP contribution < -0.4 is 14.4 Å². The number of amides is 1. The van der Waals surface area contributed by atoms with Gasteiger partial charge in [-0.2, -0.15) is 0 Å². The van der Waals surface area contributed by atoms with Gasteiger partial charge >= 0.3 is 0 Å². The van der Waals surface area contributed by atoms with Gasteiger partial charge in [-0.15, -0.1) is 0 Å². The molecule has 1 N–H and O–H groups in total. The highest BCUT2D eigenvalue weighted by Gasteiger charge is 2.37. The molecule has 1 aliphatic rings. The van der Waals surface area contributed by atoms with Gasteiger partial charge in [0.15, 0.2) is 6.10 Å². The monoisotopic (exact) mass is 492 g/mol. The summed E-state index contributed by atoms with van der Waals surface area (Å²) in [4.78, 5) is 13.4. The summed E-state index contributed by atoms with van der Waals surface area (Å²) in [6.45, 7) is 10.2. The first kappa shape index (κ1) is 24.8. The van der Waals surface area contributed by atoms with Crippen LogP contribution in [0.2, 0.25) is 0 Å². The van der Waals surface area contributed by atoms with Crippen molar-refractivity contribution >= 4 is 21.6 Å². The van der Waals surface area contributed by atoms with Crippen molar-refractivity contribution in [2.24, 2.45) is 0 Å². The number of benzene rings is 3. The highest BCUT2D eigenvalue weighted by Crippen LogP contribution is 2.37. The molecule has 1 aliphatic heterocycles. The van der Waals surface area contributed by atoms with Gasteiger partial charge in [0, 0.05) is 0 Å². The molecule has 0 radical (unpaired) electrons. The topological polar surface area (TPSA) is 75.7 Å². The average molecular weight is 493 g/mol. The highest BCUT2D eigenvalue weighted by molar-refractivity contribution is 7.92. The van der Waals surface area contributed by atoms with Crippen molar-refractivity contribution in [1.82, 2.24) is 5.32 Å². The van der Waals surface area contributed by atoms with Crippen LogP contribution >= 0.6 is 0 Å².